The first-order valence-electron chi connectivity index (χ1n) is 6.64. The van der Waals surface area contributed by atoms with Gasteiger partial charge < -0.3 is 10.0 Å². The van der Waals surface area contributed by atoms with Gasteiger partial charge in [0.1, 0.15) is 0 Å². The molecule has 2 nitrogen and oxygen atoms in total. The van der Waals surface area contributed by atoms with Crippen molar-refractivity contribution in [1.29, 1.82) is 0 Å². The predicted octanol–water partition coefficient (Wildman–Crippen LogP) is 2.66. The molecule has 0 aromatic rings. The van der Waals surface area contributed by atoms with Crippen LogP contribution in [0.2, 0.25) is 0 Å². The Hall–Kier alpha value is -0.0800. The van der Waals surface area contributed by atoms with E-state index in [0.29, 0.717) is 6.61 Å². The molecule has 1 rings (SSSR count). The molecule has 0 aromatic heterocycles. The molecule has 1 aliphatic carbocycles. The summed E-state index contributed by atoms with van der Waals surface area (Å²) in [5.74, 6) is 0.851. The lowest BCUT2D eigenvalue weighted by Crippen LogP contribution is -2.42. The number of rotatable bonds is 6. The summed E-state index contributed by atoms with van der Waals surface area (Å²) in [6.07, 6.45) is 7.74. The van der Waals surface area contributed by atoms with E-state index in [1.54, 1.807) is 0 Å². The molecular formula is C13H27NO. The van der Waals surface area contributed by atoms with E-state index in [1.165, 1.54) is 38.6 Å². The smallest absolute Gasteiger partial charge is 0.0443 e. The molecule has 0 saturated heterocycles. The Morgan fingerprint density at radius 1 is 1.20 bits per heavy atom. The van der Waals surface area contributed by atoms with E-state index in [-0.39, 0.29) is 0 Å². The fourth-order valence-electron chi connectivity index (χ4n) is 2.84. The van der Waals surface area contributed by atoms with Crippen LogP contribution in [0.1, 0.15) is 52.4 Å². The molecule has 0 amide bonds. The monoisotopic (exact) mass is 213 g/mol. The van der Waals surface area contributed by atoms with Gasteiger partial charge in [-0.15, -0.1) is 0 Å². The maximum Gasteiger partial charge on any atom is 0.0443 e. The van der Waals surface area contributed by atoms with Crippen molar-refractivity contribution < 1.29 is 5.11 Å². The highest BCUT2D eigenvalue weighted by molar-refractivity contribution is 4.80. The average Bonchev–Trinajstić information content (AvgIpc) is 2.25. The van der Waals surface area contributed by atoms with Crippen molar-refractivity contribution in [3.63, 3.8) is 0 Å². The molecule has 1 aliphatic rings. The summed E-state index contributed by atoms with van der Waals surface area (Å²) in [6.45, 7) is 7.26. The molecule has 2 heteroatoms. The molecule has 1 saturated carbocycles. The van der Waals surface area contributed by atoms with Crippen molar-refractivity contribution in [2.45, 2.75) is 58.4 Å². The summed E-state index contributed by atoms with van der Waals surface area (Å²) < 4.78 is 0. The topological polar surface area (TPSA) is 23.5 Å². The first-order valence-corrected chi connectivity index (χ1v) is 6.64. The van der Waals surface area contributed by atoms with Crippen LogP contribution >= 0.6 is 0 Å². The molecule has 1 N–H and O–H groups in total. The molecular weight excluding hydrogens is 186 g/mol. The van der Waals surface area contributed by atoms with E-state index in [2.05, 4.69) is 18.7 Å². The minimum atomic E-state index is 0.335. The van der Waals surface area contributed by atoms with Gasteiger partial charge in [0.25, 0.3) is 0 Å². The molecule has 0 aromatic carbocycles. The van der Waals surface area contributed by atoms with Crippen LogP contribution in [0.5, 0.6) is 0 Å². The molecule has 0 heterocycles. The summed E-state index contributed by atoms with van der Waals surface area (Å²) >= 11 is 0. The molecule has 1 fully saturated rings. The largest absolute Gasteiger partial charge is 0.396 e. The van der Waals surface area contributed by atoms with Crippen LogP contribution in [0.4, 0.5) is 0 Å². The Kier molecular flexibility index (Phi) is 6.26. The normalized spacial score (nSPS) is 27.2. The third kappa shape index (κ3) is 4.12. The van der Waals surface area contributed by atoms with E-state index in [0.717, 1.165) is 24.9 Å². The van der Waals surface area contributed by atoms with E-state index in [9.17, 15) is 0 Å². The minimum Gasteiger partial charge on any atom is -0.396 e. The van der Waals surface area contributed by atoms with Crippen LogP contribution in [-0.4, -0.2) is 35.7 Å². The number of nitrogens with zero attached hydrogens (tertiary/aromatic N) is 1. The predicted molar refractivity (Wildman–Crippen MR) is 65.0 cm³/mol. The standard InChI is InChI=1S/C13H27NO/c1-3-9-14(10-6-11-15)13-8-5-4-7-12(13)2/h12-13,15H,3-11H2,1-2H3. The maximum absolute atomic E-state index is 8.92. The van der Waals surface area contributed by atoms with Crippen molar-refractivity contribution >= 4 is 0 Å². The van der Waals surface area contributed by atoms with Gasteiger partial charge in [-0.1, -0.05) is 26.7 Å². The lowest BCUT2D eigenvalue weighted by Gasteiger charge is -2.38. The van der Waals surface area contributed by atoms with Crippen molar-refractivity contribution in [2.75, 3.05) is 19.7 Å². The molecule has 0 aliphatic heterocycles. The van der Waals surface area contributed by atoms with Gasteiger partial charge in [0, 0.05) is 19.2 Å². The van der Waals surface area contributed by atoms with Gasteiger partial charge in [-0.3, -0.25) is 0 Å². The highest BCUT2D eigenvalue weighted by Crippen LogP contribution is 2.28. The Morgan fingerprint density at radius 3 is 2.53 bits per heavy atom. The highest BCUT2D eigenvalue weighted by Gasteiger charge is 2.25. The quantitative estimate of drug-likeness (QED) is 0.733. The molecule has 90 valence electrons. The first-order chi connectivity index (χ1) is 7.29. The second kappa shape index (κ2) is 7.24. The average molecular weight is 213 g/mol. The molecule has 0 bridgehead atoms. The summed E-state index contributed by atoms with van der Waals surface area (Å²) in [6, 6.07) is 0.783. The second-order valence-corrected chi connectivity index (χ2v) is 4.94. The molecule has 0 spiro atoms. The lowest BCUT2D eigenvalue weighted by atomic mass is 9.84. The zero-order chi connectivity index (χ0) is 11.1. The van der Waals surface area contributed by atoms with Gasteiger partial charge in [0.05, 0.1) is 0 Å². The van der Waals surface area contributed by atoms with Crippen LogP contribution in [0, 0.1) is 5.92 Å². The van der Waals surface area contributed by atoms with E-state index in [4.69, 9.17) is 5.11 Å². The SMILES string of the molecule is CCCN(CCCO)C1CCCCC1C. The van der Waals surface area contributed by atoms with Crippen LogP contribution < -0.4 is 0 Å². The number of aliphatic hydroxyl groups excluding tert-OH is 1. The Bertz CT molecular complexity index is 161. The highest BCUT2D eigenvalue weighted by atomic mass is 16.3. The molecule has 0 radical (unpaired) electrons. The van der Waals surface area contributed by atoms with Crippen molar-refractivity contribution in [3.05, 3.63) is 0 Å². The maximum atomic E-state index is 8.92. The number of aliphatic hydroxyl groups is 1. The Morgan fingerprint density at radius 2 is 1.93 bits per heavy atom. The van der Waals surface area contributed by atoms with E-state index >= 15 is 0 Å². The van der Waals surface area contributed by atoms with Gasteiger partial charge in [-0.05, 0) is 38.1 Å². The van der Waals surface area contributed by atoms with Crippen molar-refractivity contribution in [3.8, 4) is 0 Å². The van der Waals surface area contributed by atoms with Crippen LogP contribution in [0.25, 0.3) is 0 Å². The first kappa shape index (κ1) is 13.0. The van der Waals surface area contributed by atoms with Crippen LogP contribution in [0.3, 0.4) is 0 Å². The van der Waals surface area contributed by atoms with E-state index < -0.39 is 0 Å². The fourth-order valence-corrected chi connectivity index (χ4v) is 2.84. The zero-order valence-corrected chi connectivity index (χ0v) is 10.4. The third-order valence-corrected chi connectivity index (χ3v) is 3.65. The van der Waals surface area contributed by atoms with Gasteiger partial charge in [-0.2, -0.15) is 0 Å². The van der Waals surface area contributed by atoms with Crippen LogP contribution in [-0.2, 0) is 0 Å². The molecule has 15 heavy (non-hydrogen) atoms. The molecule has 2 atom stereocenters. The minimum absolute atomic E-state index is 0.335. The van der Waals surface area contributed by atoms with Gasteiger partial charge >= 0.3 is 0 Å². The Labute approximate surface area is 94.7 Å². The van der Waals surface area contributed by atoms with Crippen LogP contribution in [0.15, 0.2) is 0 Å². The summed E-state index contributed by atoms with van der Waals surface area (Å²) in [5.41, 5.74) is 0. The van der Waals surface area contributed by atoms with Gasteiger partial charge in [0.15, 0.2) is 0 Å². The lowest BCUT2D eigenvalue weighted by molar-refractivity contribution is 0.103. The zero-order valence-electron chi connectivity index (χ0n) is 10.4. The number of hydrogen-bond acceptors (Lipinski definition) is 2. The molecule has 2 unspecified atom stereocenters. The van der Waals surface area contributed by atoms with Crippen molar-refractivity contribution in [2.24, 2.45) is 5.92 Å². The number of hydrogen-bond donors (Lipinski definition) is 1. The van der Waals surface area contributed by atoms with Gasteiger partial charge in [-0.25, -0.2) is 0 Å². The van der Waals surface area contributed by atoms with E-state index in [1.807, 2.05) is 0 Å². The summed E-state index contributed by atoms with van der Waals surface area (Å²) in [7, 11) is 0. The second-order valence-electron chi connectivity index (χ2n) is 4.94. The van der Waals surface area contributed by atoms with Crippen molar-refractivity contribution in [1.82, 2.24) is 4.90 Å². The Balaban J connectivity index is 2.44. The van der Waals surface area contributed by atoms with Gasteiger partial charge in [0.2, 0.25) is 0 Å². The summed E-state index contributed by atoms with van der Waals surface area (Å²) in [5, 5.41) is 8.92. The third-order valence-electron chi connectivity index (χ3n) is 3.65. The summed E-state index contributed by atoms with van der Waals surface area (Å²) in [4.78, 5) is 2.61. The fraction of sp³-hybridized carbons (Fsp3) is 1.00.